The largest absolute Gasteiger partial charge is 0.381 e. The summed E-state index contributed by atoms with van der Waals surface area (Å²) in [5.41, 5.74) is 0. The Hall–Kier alpha value is -1.09. The van der Waals surface area contributed by atoms with Crippen LogP contribution in [-0.4, -0.2) is 29.6 Å². The number of amidine groups is 1. The molecule has 27 heavy (non-hydrogen) atoms. The van der Waals surface area contributed by atoms with E-state index in [1.54, 1.807) is 0 Å². The molecular formula is C24H44N2O. The van der Waals surface area contributed by atoms with Crippen LogP contribution in [0.3, 0.4) is 0 Å². The molecule has 0 aromatic rings. The predicted molar refractivity (Wildman–Crippen MR) is 119 cm³/mol. The molecule has 0 saturated carbocycles. The Morgan fingerprint density at radius 1 is 0.963 bits per heavy atom. The highest BCUT2D eigenvalue weighted by atomic mass is 16.3. The van der Waals surface area contributed by atoms with Gasteiger partial charge in [0.15, 0.2) is 0 Å². The molecule has 1 aliphatic heterocycles. The molecule has 3 heteroatoms. The SMILES string of the molecule is C=CC(O)C1=NCC(CCCCCCCC/C=C\CCCCCCCC)N1. The molecule has 0 fully saturated rings. The zero-order valence-electron chi connectivity index (χ0n) is 17.8. The minimum atomic E-state index is -0.630. The van der Waals surface area contributed by atoms with Crippen molar-refractivity contribution in [3.63, 3.8) is 0 Å². The van der Waals surface area contributed by atoms with Crippen molar-refractivity contribution in [1.82, 2.24) is 5.32 Å². The molecule has 0 amide bonds. The molecule has 0 saturated heterocycles. The van der Waals surface area contributed by atoms with Crippen LogP contribution in [0.4, 0.5) is 0 Å². The molecule has 2 unspecified atom stereocenters. The lowest BCUT2D eigenvalue weighted by Gasteiger charge is -2.13. The zero-order valence-corrected chi connectivity index (χ0v) is 17.8. The minimum Gasteiger partial charge on any atom is -0.381 e. The van der Waals surface area contributed by atoms with Crippen molar-refractivity contribution >= 4 is 5.84 Å². The minimum absolute atomic E-state index is 0.409. The van der Waals surface area contributed by atoms with E-state index >= 15 is 0 Å². The van der Waals surface area contributed by atoms with Crippen LogP contribution in [-0.2, 0) is 0 Å². The fourth-order valence-electron chi connectivity index (χ4n) is 3.60. The van der Waals surface area contributed by atoms with Crippen LogP contribution in [0.2, 0.25) is 0 Å². The summed E-state index contributed by atoms with van der Waals surface area (Å²) in [5, 5.41) is 13.0. The van der Waals surface area contributed by atoms with Crippen molar-refractivity contribution < 1.29 is 5.11 Å². The second-order valence-electron chi connectivity index (χ2n) is 7.97. The number of aliphatic imine (C=N–C) groups is 1. The lowest BCUT2D eigenvalue weighted by Crippen LogP contribution is -2.36. The second-order valence-corrected chi connectivity index (χ2v) is 7.97. The van der Waals surface area contributed by atoms with Crippen molar-refractivity contribution in [2.45, 2.75) is 115 Å². The van der Waals surface area contributed by atoms with E-state index in [1.165, 1.54) is 96.0 Å². The van der Waals surface area contributed by atoms with Crippen LogP contribution >= 0.6 is 0 Å². The highest BCUT2D eigenvalue weighted by molar-refractivity contribution is 5.89. The first kappa shape index (κ1) is 23.9. The van der Waals surface area contributed by atoms with Gasteiger partial charge in [0.05, 0.1) is 6.54 Å². The van der Waals surface area contributed by atoms with Crippen LogP contribution in [0.15, 0.2) is 29.8 Å². The third-order valence-corrected chi connectivity index (χ3v) is 5.40. The van der Waals surface area contributed by atoms with E-state index in [2.05, 4.69) is 36.0 Å². The van der Waals surface area contributed by atoms with Crippen molar-refractivity contribution in [3.8, 4) is 0 Å². The fraction of sp³-hybridized carbons (Fsp3) is 0.792. The molecule has 2 atom stereocenters. The van der Waals surface area contributed by atoms with Crippen LogP contribution in [0, 0.1) is 0 Å². The van der Waals surface area contributed by atoms with E-state index in [4.69, 9.17) is 0 Å². The maximum Gasteiger partial charge on any atom is 0.130 e. The summed E-state index contributed by atoms with van der Waals surface area (Å²) in [6.45, 7) is 6.68. The summed E-state index contributed by atoms with van der Waals surface area (Å²) in [6.07, 6.45) is 25.7. The van der Waals surface area contributed by atoms with Crippen LogP contribution in [0.5, 0.6) is 0 Å². The Balaban J connectivity index is 1.79. The number of rotatable bonds is 18. The second kappa shape index (κ2) is 17.0. The molecule has 2 N–H and O–H groups in total. The third-order valence-electron chi connectivity index (χ3n) is 5.40. The van der Waals surface area contributed by atoms with Crippen molar-refractivity contribution in [1.29, 1.82) is 0 Å². The van der Waals surface area contributed by atoms with E-state index in [-0.39, 0.29) is 0 Å². The molecule has 0 aromatic heterocycles. The quantitative estimate of drug-likeness (QED) is 0.217. The van der Waals surface area contributed by atoms with Gasteiger partial charge in [-0.25, -0.2) is 0 Å². The maximum atomic E-state index is 9.67. The molecule has 156 valence electrons. The van der Waals surface area contributed by atoms with Crippen molar-refractivity contribution in [2.24, 2.45) is 4.99 Å². The van der Waals surface area contributed by atoms with Crippen LogP contribution in [0.25, 0.3) is 0 Å². The van der Waals surface area contributed by atoms with Gasteiger partial charge in [-0.3, -0.25) is 4.99 Å². The molecule has 0 bridgehead atoms. The van der Waals surface area contributed by atoms with E-state index in [1.807, 2.05) is 0 Å². The molecule has 1 aliphatic rings. The van der Waals surface area contributed by atoms with E-state index in [0.29, 0.717) is 11.9 Å². The number of allylic oxidation sites excluding steroid dienone is 2. The zero-order chi connectivity index (χ0) is 19.6. The number of nitrogens with zero attached hydrogens (tertiary/aromatic N) is 1. The lowest BCUT2D eigenvalue weighted by molar-refractivity contribution is 0.285. The third kappa shape index (κ3) is 12.8. The molecule has 0 spiro atoms. The summed E-state index contributed by atoms with van der Waals surface area (Å²) >= 11 is 0. The summed E-state index contributed by atoms with van der Waals surface area (Å²) < 4.78 is 0. The van der Waals surface area contributed by atoms with Gasteiger partial charge in [-0.05, 0) is 32.1 Å². The van der Waals surface area contributed by atoms with Gasteiger partial charge >= 0.3 is 0 Å². The summed E-state index contributed by atoms with van der Waals surface area (Å²) in [4.78, 5) is 4.36. The molecule has 0 aromatic carbocycles. The van der Waals surface area contributed by atoms with Crippen molar-refractivity contribution in [2.75, 3.05) is 6.54 Å². The predicted octanol–water partition coefficient (Wildman–Crippen LogP) is 6.33. The standard InChI is InChI=1S/C24H44N2O/c1-3-5-6-7-8-9-10-11-12-13-14-15-16-17-18-19-20-22-21-25-24(26-22)23(27)4-2/h4,11-12,22-23,27H,2-3,5-10,13-21H2,1H3,(H,25,26)/b12-11-. The van der Waals surface area contributed by atoms with Gasteiger partial charge in [0, 0.05) is 6.04 Å². The van der Waals surface area contributed by atoms with Gasteiger partial charge in [-0.15, -0.1) is 6.58 Å². The Bertz CT molecular complexity index is 417. The molecule has 1 rings (SSSR count). The number of unbranched alkanes of at least 4 members (excludes halogenated alkanes) is 12. The summed E-state index contributed by atoms with van der Waals surface area (Å²) in [5.74, 6) is 0.694. The highest BCUT2D eigenvalue weighted by Gasteiger charge is 2.20. The first-order valence-electron chi connectivity index (χ1n) is 11.5. The Labute approximate surface area is 168 Å². The van der Waals surface area contributed by atoms with Gasteiger partial charge < -0.3 is 10.4 Å². The first-order valence-corrected chi connectivity index (χ1v) is 11.5. The number of hydrogen-bond donors (Lipinski definition) is 2. The number of aliphatic hydroxyl groups excluding tert-OH is 1. The summed E-state index contributed by atoms with van der Waals surface area (Å²) in [7, 11) is 0. The average Bonchev–Trinajstić information content (AvgIpc) is 3.16. The van der Waals surface area contributed by atoms with Crippen molar-refractivity contribution in [3.05, 3.63) is 24.8 Å². The average molecular weight is 377 g/mol. The van der Waals surface area contributed by atoms with Gasteiger partial charge in [-0.2, -0.15) is 0 Å². The molecule has 0 radical (unpaired) electrons. The van der Waals surface area contributed by atoms with Crippen LogP contribution < -0.4 is 5.32 Å². The summed E-state index contributed by atoms with van der Waals surface area (Å²) in [6, 6.07) is 0.409. The normalized spacial score (nSPS) is 17.9. The van der Waals surface area contributed by atoms with E-state index in [9.17, 15) is 5.11 Å². The maximum absolute atomic E-state index is 9.67. The topological polar surface area (TPSA) is 44.6 Å². The molecular weight excluding hydrogens is 332 g/mol. The van der Waals surface area contributed by atoms with Gasteiger partial charge in [-0.1, -0.05) is 89.4 Å². The Morgan fingerprint density at radius 2 is 1.52 bits per heavy atom. The Kier molecular flexibility index (Phi) is 15.1. The molecule has 0 aliphatic carbocycles. The molecule has 3 nitrogen and oxygen atoms in total. The lowest BCUT2D eigenvalue weighted by atomic mass is 10.0. The van der Waals surface area contributed by atoms with E-state index in [0.717, 1.165) is 13.0 Å². The van der Waals surface area contributed by atoms with Gasteiger partial charge in [0.1, 0.15) is 11.9 Å². The fourth-order valence-corrected chi connectivity index (χ4v) is 3.60. The van der Waals surface area contributed by atoms with E-state index < -0.39 is 6.10 Å². The van der Waals surface area contributed by atoms with Crippen LogP contribution in [0.1, 0.15) is 103 Å². The first-order chi connectivity index (χ1) is 13.3. The smallest absolute Gasteiger partial charge is 0.130 e. The Morgan fingerprint density at radius 3 is 2.11 bits per heavy atom. The monoisotopic (exact) mass is 376 g/mol. The molecule has 1 heterocycles. The number of hydrogen-bond acceptors (Lipinski definition) is 3. The van der Waals surface area contributed by atoms with Gasteiger partial charge in [0.2, 0.25) is 0 Å². The highest BCUT2D eigenvalue weighted by Crippen LogP contribution is 2.13. The number of aliphatic hydroxyl groups is 1. The number of nitrogens with one attached hydrogen (secondary N) is 1. The van der Waals surface area contributed by atoms with Gasteiger partial charge in [0.25, 0.3) is 0 Å².